The predicted molar refractivity (Wildman–Crippen MR) is 179 cm³/mol. The minimum absolute atomic E-state index is 0.732. The van der Waals surface area contributed by atoms with Gasteiger partial charge in [0.25, 0.3) is 0 Å². The number of H-pyrrole nitrogens is 1. The topological polar surface area (TPSA) is 94.7 Å². The molecule has 0 bridgehead atoms. The van der Waals surface area contributed by atoms with Gasteiger partial charge >= 0.3 is 0 Å². The van der Waals surface area contributed by atoms with Crippen LogP contribution in [0.4, 0.5) is 11.6 Å². The molecule has 0 saturated heterocycles. The molecule has 8 nitrogen and oxygen atoms in total. The molecule has 7 rings (SSSR count). The maximum atomic E-state index is 5.05. The second kappa shape index (κ2) is 12.4. The molecule has 3 heterocycles. The first-order chi connectivity index (χ1) is 21.6. The number of hydrogen-bond donors (Lipinski definition) is 3. The Kier molecular flexibility index (Phi) is 7.90. The maximum Gasteiger partial charge on any atom is 0.143 e. The molecule has 8 heteroatoms. The Morgan fingerprint density at radius 1 is 0.841 bits per heavy atom. The second-order valence-electron chi connectivity index (χ2n) is 11.8. The molecule has 222 valence electrons. The number of rotatable bonds is 12. The number of benzene rings is 3. The lowest BCUT2D eigenvalue weighted by Gasteiger charge is -2.18. The first kappa shape index (κ1) is 28.0. The molecule has 0 aliphatic heterocycles. The van der Waals surface area contributed by atoms with Gasteiger partial charge in [-0.25, -0.2) is 19.9 Å². The van der Waals surface area contributed by atoms with Gasteiger partial charge in [-0.1, -0.05) is 72.3 Å². The largest absolute Gasteiger partial charge is 0.369 e. The molecule has 0 amide bonds. The highest BCUT2D eigenvalue weighted by molar-refractivity contribution is 6.10. The van der Waals surface area contributed by atoms with Crippen LogP contribution in [0.25, 0.3) is 33.1 Å². The van der Waals surface area contributed by atoms with Crippen molar-refractivity contribution in [3.05, 3.63) is 107 Å². The van der Waals surface area contributed by atoms with E-state index in [2.05, 4.69) is 105 Å². The molecule has 3 aromatic heterocycles. The molecule has 1 aliphatic rings. The van der Waals surface area contributed by atoms with E-state index in [0.29, 0.717) is 0 Å². The molecule has 6 aromatic rings. The zero-order valence-electron chi connectivity index (χ0n) is 25.4. The number of hydrogen-bond acceptors (Lipinski definition) is 7. The second-order valence-corrected chi connectivity index (χ2v) is 11.8. The number of para-hydroxylation sites is 1. The van der Waals surface area contributed by atoms with E-state index in [-0.39, 0.29) is 0 Å². The van der Waals surface area contributed by atoms with Crippen LogP contribution in [-0.4, -0.2) is 63.0 Å². The highest BCUT2D eigenvalue weighted by Crippen LogP contribution is 2.40. The number of aromatic nitrogens is 5. The van der Waals surface area contributed by atoms with Crippen LogP contribution in [-0.2, 0) is 12.8 Å². The molecule has 0 saturated carbocycles. The molecular weight excluding hydrogens is 544 g/mol. The molecular formula is C36H38N8. The summed E-state index contributed by atoms with van der Waals surface area (Å²) in [5.74, 6) is 2.73. The van der Waals surface area contributed by atoms with Crippen molar-refractivity contribution >= 4 is 33.6 Å². The van der Waals surface area contributed by atoms with Gasteiger partial charge in [0.2, 0.25) is 0 Å². The quantitative estimate of drug-likeness (QED) is 0.140. The van der Waals surface area contributed by atoms with Crippen LogP contribution in [0.15, 0.2) is 79.1 Å². The van der Waals surface area contributed by atoms with E-state index >= 15 is 0 Å². The van der Waals surface area contributed by atoms with E-state index in [0.717, 1.165) is 97.0 Å². The SMILES string of the molecule is Cc1ccc2c(c1)Cc1nc(Cc3ccccc3)nc(NCCCN(C)CCCNc3ncnc4[nH]c5ccccc5c34)c1-2. The van der Waals surface area contributed by atoms with Gasteiger partial charge in [-0.3, -0.25) is 0 Å². The third-order valence-electron chi connectivity index (χ3n) is 8.44. The lowest BCUT2D eigenvalue weighted by atomic mass is 10.0. The molecule has 44 heavy (non-hydrogen) atoms. The summed E-state index contributed by atoms with van der Waals surface area (Å²) >= 11 is 0. The molecule has 0 unspecified atom stereocenters. The van der Waals surface area contributed by atoms with Gasteiger partial charge in [0.1, 0.15) is 29.4 Å². The Balaban J connectivity index is 0.944. The number of nitrogens with one attached hydrogen (secondary N) is 3. The van der Waals surface area contributed by atoms with Crippen molar-refractivity contribution in [3.8, 4) is 11.1 Å². The van der Waals surface area contributed by atoms with Crippen molar-refractivity contribution < 1.29 is 0 Å². The summed E-state index contributed by atoms with van der Waals surface area (Å²) in [6.45, 7) is 5.88. The van der Waals surface area contributed by atoms with Crippen LogP contribution in [0.2, 0.25) is 0 Å². The Hall–Kier alpha value is -4.82. The Morgan fingerprint density at radius 2 is 1.61 bits per heavy atom. The fourth-order valence-corrected chi connectivity index (χ4v) is 6.28. The molecule has 0 fully saturated rings. The zero-order valence-corrected chi connectivity index (χ0v) is 25.4. The minimum Gasteiger partial charge on any atom is -0.369 e. The van der Waals surface area contributed by atoms with Gasteiger partial charge in [0.05, 0.1) is 11.1 Å². The zero-order chi connectivity index (χ0) is 29.9. The van der Waals surface area contributed by atoms with E-state index in [9.17, 15) is 0 Å². The number of aromatic amines is 1. The van der Waals surface area contributed by atoms with Crippen molar-refractivity contribution in [2.75, 3.05) is 43.9 Å². The summed E-state index contributed by atoms with van der Waals surface area (Å²) in [4.78, 5) is 24.8. The van der Waals surface area contributed by atoms with Crippen molar-refractivity contribution in [2.45, 2.75) is 32.6 Å². The summed E-state index contributed by atoms with van der Waals surface area (Å²) in [6, 6.07) is 25.5. The smallest absolute Gasteiger partial charge is 0.143 e. The summed E-state index contributed by atoms with van der Waals surface area (Å²) in [6.07, 6.45) is 5.27. The van der Waals surface area contributed by atoms with Gasteiger partial charge in [-0.15, -0.1) is 0 Å². The maximum absolute atomic E-state index is 5.05. The molecule has 0 spiro atoms. The van der Waals surface area contributed by atoms with Crippen LogP contribution in [0, 0.1) is 6.92 Å². The van der Waals surface area contributed by atoms with Crippen LogP contribution in [0.3, 0.4) is 0 Å². The van der Waals surface area contributed by atoms with Crippen LogP contribution >= 0.6 is 0 Å². The van der Waals surface area contributed by atoms with Crippen molar-refractivity contribution in [2.24, 2.45) is 0 Å². The number of fused-ring (bicyclic) bond motifs is 6. The highest BCUT2D eigenvalue weighted by atomic mass is 15.1. The van der Waals surface area contributed by atoms with E-state index in [4.69, 9.17) is 9.97 Å². The van der Waals surface area contributed by atoms with Crippen LogP contribution in [0.1, 0.15) is 41.1 Å². The predicted octanol–water partition coefficient (Wildman–Crippen LogP) is 6.61. The van der Waals surface area contributed by atoms with Gasteiger partial charge in [0, 0.05) is 42.4 Å². The minimum atomic E-state index is 0.732. The standard InChI is InChI=1S/C36H38N8/c1-24-14-15-27-26(20-24)22-30-32(27)35(43-31(41-30)21-25-10-4-3-5-11-25)38-17-9-19-44(2)18-8-16-37-34-33-28-12-6-7-13-29(28)42-36(33)40-23-39-34/h3-7,10-15,20,23H,8-9,16-19,21-22H2,1-2H3,(H,38,41,43)(H2,37,39,40,42). The Labute approximate surface area is 258 Å². The molecule has 3 aromatic carbocycles. The Morgan fingerprint density at radius 3 is 2.45 bits per heavy atom. The van der Waals surface area contributed by atoms with Crippen molar-refractivity contribution in [1.29, 1.82) is 0 Å². The van der Waals surface area contributed by atoms with Gasteiger partial charge in [-0.2, -0.15) is 0 Å². The third-order valence-corrected chi connectivity index (χ3v) is 8.44. The number of nitrogens with zero attached hydrogens (tertiary/aromatic N) is 5. The normalized spacial score (nSPS) is 12.2. The first-order valence-electron chi connectivity index (χ1n) is 15.5. The van der Waals surface area contributed by atoms with Crippen molar-refractivity contribution in [1.82, 2.24) is 29.8 Å². The lowest BCUT2D eigenvalue weighted by molar-refractivity contribution is 0.331. The van der Waals surface area contributed by atoms with Gasteiger partial charge in [0.15, 0.2) is 0 Å². The fraction of sp³-hybridized carbons (Fsp3) is 0.278. The van der Waals surface area contributed by atoms with Gasteiger partial charge in [-0.05, 0) is 62.7 Å². The van der Waals surface area contributed by atoms with E-state index in [1.54, 1.807) is 6.33 Å². The first-order valence-corrected chi connectivity index (χ1v) is 15.5. The average molecular weight is 583 g/mol. The van der Waals surface area contributed by atoms with E-state index in [1.165, 1.54) is 27.8 Å². The fourth-order valence-electron chi connectivity index (χ4n) is 6.28. The summed E-state index contributed by atoms with van der Waals surface area (Å²) in [7, 11) is 2.20. The third kappa shape index (κ3) is 5.85. The Bertz CT molecular complexity index is 1910. The van der Waals surface area contributed by atoms with Crippen LogP contribution in [0.5, 0.6) is 0 Å². The molecule has 3 N–H and O–H groups in total. The van der Waals surface area contributed by atoms with Crippen molar-refractivity contribution in [3.63, 3.8) is 0 Å². The van der Waals surface area contributed by atoms with Gasteiger partial charge < -0.3 is 20.5 Å². The lowest BCUT2D eigenvalue weighted by Crippen LogP contribution is -2.24. The van der Waals surface area contributed by atoms with E-state index in [1.807, 2.05) is 12.1 Å². The summed E-state index contributed by atoms with van der Waals surface area (Å²) in [5.41, 5.74) is 9.37. The molecule has 0 radical (unpaired) electrons. The summed E-state index contributed by atoms with van der Waals surface area (Å²) < 4.78 is 0. The number of aryl methyl sites for hydroxylation is 1. The van der Waals surface area contributed by atoms with E-state index < -0.39 is 0 Å². The monoisotopic (exact) mass is 582 g/mol. The number of anilines is 2. The highest BCUT2D eigenvalue weighted by Gasteiger charge is 2.25. The van der Waals surface area contributed by atoms with Crippen LogP contribution < -0.4 is 10.6 Å². The summed E-state index contributed by atoms with van der Waals surface area (Å²) in [5, 5.41) is 9.44. The average Bonchev–Trinajstić information content (AvgIpc) is 3.60. The molecule has 0 atom stereocenters. The molecule has 1 aliphatic carbocycles.